The number of hydrogen-bond donors (Lipinski definition) is 0. The van der Waals surface area contributed by atoms with E-state index in [1.807, 2.05) is 4.57 Å². The molecule has 0 radical (unpaired) electrons. The van der Waals surface area contributed by atoms with Gasteiger partial charge < -0.3 is 9.16 Å². The molecule has 2 aromatic carbocycles. The molecule has 3 heterocycles. The van der Waals surface area contributed by atoms with E-state index in [1.54, 1.807) is 6.33 Å². The van der Waals surface area contributed by atoms with Gasteiger partial charge in [0, 0.05) is 5.92 Å². The van der Waals surface area contributed by atoms with Gasteiger partial charge in [-0.15, -0.1) is 0 Å². The van der Waals surface area contributed by atoms with Gasteiger partial charge in [-0.2, -0.15) is 0 Å². The summed E-state index contributed by atoms with van der Waals surface area (Å²) in [4.78, 5) is 12.9. The average molecular weight is 505 g/mol. The highest BCUT2D eigenvalue weighted by atomic mass is 35.5. The summed E-state index contributed by atoms with van der Waals surface area (Å²) < 4.78 is 15.8. The predicted octanol–water partition coefficient (Wildman–Crippen LogP) is 4.59. The molecule has 8 heteroatoms. The molecule has 180 valence electrons. The van der Waals surface area contributed by atoms with E-state index in [9.17, 15) is 0 Å². The fraction of sp³-hybridized carbons (Fsp3) is 0.370. The summed E-state index contributed by atoms with van der Waals surface area (Å²) in [6.07, 6.45) is 4.30. The van der Waals surface area contributed by atoms with Crippen LogP contribution in [-0.4, -0.2) is 40.5 Å². The van der Waals surface area contributed by atoms with E-state index in [1.165, 1.54) is 16.7 Å². The highest BCUT2D eigenvalue weighted by molar-refractivity contribution is 6.99. The largest absolute Gasteiger partial charge is 0.405 e. The van der Waals surface area contributed by atoms with Crippen LogP contribution in [0.1, 0.15) is 33.4 Å². The van der Waals surface area contributed by atoms with Crippen LogP contribution in [0.15, 0.2) is 73.3 Å². The molecule has 0 bridgehead atoms. The zero-order valence-electron chi connectivity index (χ0n) is 20.1. The van der Waals surface area contributed by atoms with Crippen LogP contribution < -0.4 is 10.4 Å². The fourth-order valence-electron chi connectivity index (χ4n) is 5.79. The van der Waals surface area contributed by atoms with Gasteiger partial charge in [0.25, 0.3) is 8.32 Å². The molecule has 4 aromatic rings. The Bertz CT molecular complexity index is 1300. The normalized spacial score (nSPS) is 24.0. The lowest BCUT2D eigenvalue weighted by Crippen LogP contribution is -2.67. The molecule has 2 aliphatic rings. The number of imidazole rings is 1. The van der Waals surface area contributed by atoms with Gasteiger partial charge in [-0.05, 0) is 27.8 Å². The Morgan fingerprint density at radius 1 is 0.971 bits per heavy atom. The number of benzene rings is 2. The number of aromatic nitrogens is 4. The first-order valence-electron chi connectivity index (χ1n) is 12.1. The number of fused-ring (bicyclic) bond motifs is 2. The fourth-order valence-corrected chi connectivity index (χ4v) is 10.5. The first-order valence-corrected chi connectivity index (χ1v) is 14.4. The third-order valence-corrected chi connectivity index (χ3v) is 12.8. The monoisotopic (exact) mass is 504 g/mol. The molecule has 2 aromatic heterocycles. The Balaban J connectivity index is 1.31. The lowest BCUT2D eigenvalue weighted by atomic mass is 10.2. The summed E-state index contributed by atoms with van der Waals surface area (Å²) in [6, 6.07) is 21.5. The minimum Gasteiger partial charge on any atom is -0.405 e. The second-order valence-electron chi connectivity index (χ2n) is 10.6. The summed E-state index contributed by atoms with van der Waals surface area (Å²) in [6.45, 7) is 7.48. The Labute approximate surface area is 211 Å². The second-order valence-corrected chi connectivity index (χ2v) is 15.3. The molecule has 6 rings (SSSR count). The molecule has 2 fully saturated rings. The maximum Gasteiger partial charge on any atom is 0.261 e. The third kappa shape index (κ3) is 3.73. The molecular formula is C27H29ClN4O2Si. The van der Waals surface area contributed by atoms with Crippen LogP contribution in [0.2, 0.25) is 10.2 Å². The van der Waals surface area contributed by atoms with E-state index >= 15 is 0 Å². The topological polar surface area (TPSA) is 62.1 Å². The van der Waals surface area contributed by atoms with Crippen LogP contribution in [0.25, 0.3) is 11.2 Å². The van der Waals surface area contributed by atoms with E-state index in [-0.39, 0.29) is 17.4 Å². The molecule has 0 unspecified atom stereocenters. The summed E-state index contributed by atoms with van der Waals surface area (Å²) in [7, 11) is -2.60. The zero-order valence-corrected chi connectivity index (χ0v) is 21.9. The summed E-state index contributed by atoms with van der Waals surface area (Å²) in [5.41, 5.74) is 1.33. The van der Waals surface area contributed by atoms with E-state index in [2.05, 4.69) is 96.4 Å². The van der Waals surface area contributed by atoms with Crippen molar-refractivity contribution in [3.63, 3.8) is 0 Å². The number of nitrogens with zero attached hydrogens (tertiary/aromatic N) is 4. The number of hydrogen-bond acceptors (Lipinski definition) is 5. The summed E-state index contributed by atoms with van der Waals surface area (Å²) in [5, 5.41) is 2.87. The van der Waals surface area contributed by atoms with Gasteiger partial charge in [-0.3, -0.25) is 4.57 Å². The molecular weight excluding hydrogens is 476 g/mol. The molecule has 4 atom stereocenters. The van der Waals surface area contributed by atoms with Crippen molar-refractivity contribution in [2.75, 3.05) is 6.61 Å². The maximum absolute atomic E-state index is 7.16. The molecule has 0 N–H and O–H groups in total. The Kier molecular flexibility index (Phi) is 5.56. The van der Waals surface area contributed by atoms with Crippen molar-refractivity contribution >= 4 is 41.5 Å². The van der Waals surface area contributed by atoms with Gasteiger partial charge in [-0.1, -0.05) is 93.0 Å². The zero-order chi connectivity index (χ0) is 24.2. The van der Waals surface area contributed by atoms with Gasteiger partial charge in [0.05, 0.1) is 19.0 Å². The summed E-state index contributed by atoms with van der Waals surface area (Å²) in [5.74, 6) is 0.918. The lowest BCUT2D eigenvalue weighted by molar-refractivity contribution is -0.0450. The standard InChI is InChI=1S/C27H29ClN4O2Si/c1-27(2,3)35(18-10-6-4-7-11-18,19-12-8-5-9-13-19)33-15-22-20-14-21(20)26(34-22)32-17-31-23-24(28)29-16-30-25(23)32/h4-13,16-17,20-22,26H,14-15H2,1-3H3/t20-,21+,22-,26+/m1/s1. The SMILES string of the molecule is CC(C)(C)[Si](OC[C@H]1O[C@H](n2cnc3c(Cl)ncnc32)[C@H]2C[C@H]21)(c1ccccc1)c1ccccc1. The van der Waals surface area contributed by atoms with E-state index in [0.29, 0.717) is 34.8 Å². The van der Waals surface area contributed by atoms with Crippen LogP contribution in [0, 0.1) is 11.8 Å². The Morgan fingerprint density at radius 2 is 1.63 bits per heavy atom. The van der Waals surface area contributed by atoms with Crippen molar-refractivity contribution in [1.82, 2.24) is 19.5 Å². The van der Waals surface area contributed by atoms with Crippen molar-refractivity contribution in [3.05, 3.63) is 78.5 Å². The minimum absolute atomic E-state index is 0.0291. The van der Waals surface area contributed by atoms with Gasteiger partial charge >= 0.3 is 0 Å². The molecule has 35 heavy (non-hydrogen) atoms. The third-order valence-electron chi connectivity index (χ3n) is 7.52. The predicted molar refractivity (Wildman–Crippen MR) is 139 cm³/mol. The highest BCUT2D eigenvalue weighted by Crippen LogP contribution is 2.57. The van der Waals surface area contributed by atoms with E-state index in [4.69, 9.17) is 20.8 Å². The van der Waals surface area contributed by atoms with Crippen LogP contribution in [0.5, 0.6) is 0 Å². The van der Waals surface area contributed by atoms with Crippen molar-refractivity contribution in [1.29, 1.82) is 0 Å². The first-order chi connectivity index (χ1) is 16.9. The quantitative estimate of drug-likeness (QED) is 0.284. The van der Waals surface area contributed by atoms with Gasteiger partial charge in [0.1, 0.15) is 18.1 Å². The molecule has 1 saturated carbocycles. The molecule has 6 nitrogen and oxygen atoms in total. The highest BCUT2D eigenvalue weighted by Gasteiger charge is 2.58. The van der Waals surface area contributed by atoms with Crippen LogP contribution >= 0.6 is 11.6 Å². The van der Waals surface area contributed by atoms with Gasteiger partial charge in [-0.25, -0.2) is 15.0 Å². The van der Waals surface area contributed by atoms with Crippen LogP contribution in [0.3, 0.4) is 0 Å². The van der Waals surface area contributed by atoms with E-state index < -0.39 is 8.32 Å². The van der Waals surface area contributed by atoms with Crippen molar-refractivity contribution in [2.45, 2.75) is 44.6 Å². The summed E-state index contributed by atoms with van der Waals surface area (Å²) >= 11 is 6.23. The maximum atomic E-state index is 7.16. The molecule has 1 aliphatic carbocycles. The molecule has 1 saturated heterocycles. The number of rotatable bonds is 6. The first kappa shape index (κ1) is 22.9. The van der Waals surface area contributed by atoms with Crippen molar-refractivity contribution in [3.8, 4) is 0 Å². The molecule has 1 aliphatic heterocycles. The van der Waals surface area contributed by atoms with Gasteiger partial charge in [0.15, 0.2) is 10.8 Å². The average Bonchev–Trinajstić information content (AvgIpc) is 3.39. The van der Waals surface area contributed by atoms with Gasteiger partial charge in [0.2, 0.25) is 0 Å². The minimum atomic E-state index is -2.60. The van der Waals surface area contributed by atoms with Crippen LogP contribution in [0.4, 0.5) is 0 Å². The van der Waals surface area contributed by atoms with Crippen LogP contribution in [-0.2, 0) is 9.16 Å². The second kappa shape index (κ2) is 8.52. The lowest BCUT2D eigenvalue weighted by Gasteiger charge is -2.43. The molecule has 0 amide bonds. The van der Waals surface area contributed by atoms with E-state index in [0.717, 1.165) is 6.42 Å². The Hall–Kier alpha value is -2.58. The van der Waals surface area contributed by atoms with Crippen molar-refractivity contribution in [2.24, 2.45) is 11.8 Å². The number of halogens is 1. The smallest absolute Gasteiger partial charge is 0.261 e. The Morgan fingerprint density at radius 3 is 2.26 bits per heavy atom. The molecule has 0 spiro atoms. The number of ether oxygens (including phenoxy) is 1. The van der Waals surface area contributed by atoms with Crippen molar-refractivity contribution < 1.29 is 9.16 Å².